The second-order valence-corrected chi connectivity index (χ2v) is 4.61. The Morgan fingerprint density at radius 3 is 2.70 bits per heavy atom. The van der Waals surface area contributed by atoms with E-state index in [2.05, 4.69) is 10.6 Å². The van der Waals surface area contributed by atoms with Crippen LogP contribution in [0, 0.1) is 0 Å². The van der Waals surface area contributed by atoms with Crippen LogP contribution in [0.3, 0.4) is 0 Å². The normalized spacial score (nSPS) is 18.0. The summed E-state index contributed by atoms with van der Waals surface area (Å²) in [6.45, 7) is 2.90. The monoisotopic (exact) mass is 277 g/mol. The number of carbonyl (C=O) groups is 2. The molecular weight excluding hydrogens is 258 g/mol. The van der Waals surface area contributed by atoms with Gasteiger partial charge in [-0.15, -0.1) is 0 Å². The average Bonchev–Trinajstić information content (AvgIpc) is 2.80. The minimum absolute atomic E-state index is 0.0111. The minimum Gasteiger partial charge on any atom is -0.497 e. The third-order valence-corrected chi connectivity index (χ3v) is 3.18. The zero-order valence-corrected chi connectivity index (χ0v) is 11.7. The number of hydrogen-bond acceptors (Lipinski definition) is 3. The first-order chi connectivity index (χ1) is 9.63. The van der Waals surface area contributed by atoms with Crippen molar-refractivity contribution in [2.75, 3.05) is 25.1 Å². The number of nitrogens with one attached hydrogen (secondary N) is 2. The number of anilines is 1. The number of methoxy groups -OCH3 is 1. The molecule has 1 heterocycles. The van der Waals surface area contributed by atoms with Crippen molar-refractivity contribution in [3.63, 3.8) is 0 Å². The van der Waals surface area contributed by atoms with E-state index in [1.54, 1.807) is 12.0 Å². The number of nitrogens with zero attached hydrogens (tertiary/aromatic N) is 1. The lowest BCUT2D eigenvalue weighted by atomic mass is 10.2. The van der Waals surface area contributed by atoms with E-state index in [0.29, 0.717) is 19.5 Å². The predicted octanol–water partition coefficient (Wildman–Crippen LogP) is 1.12. The van der Waals surface area contributed by atoms with Crippen LogP contribution in [0.5, 0.6) is 5.75 Å². The molecule has 108 valence electrons. The SMILES string of the molecule is CCNC(=O)NC1CC(=O)N(c2ccc(OC)cc2)C1. The molecular formula is C14H19N3O3. The molecule has 3 amide bonds. The molecule has 1 aliphatic heterocycles. The first-order valence-corrected chi connectivity index (χ1v) is 6.62. The van der Waals surface area contributed by atoms with Crippen molar-refractivity contribution >= 4 is 17.6 Å². The van der Waals surface area contributed by atoms with Crippen LogP contribution in [-0.4, -0.2) is 38.2 Å². The largest absolute Gasteiger partial charge is 0.497 e. The second-order valence-electron chi connectivity index (χ2n) is 4.61. The third kappa shape index (κ3) is 3.20. The van der Waals surface area contributed by atoms with Crippen LogP contribution in [0.1, 0.15) is 13.3 Å². The fraction of sp³-hybridized carbons (Fsp3) is 0.429. The van der Waals surface area contributed by atoms with Crippen molar-refractivity contribution in [3.8, 4) is 5.75 Å². The Kier molecular flexibility index (Phi) is 4.45. The Morgan fingerprint density at radius 1 is 1.40 bits per heavy atom. The molecule has 2 rings (SSSR count). The van der Waals surface area contributed by atoms with E-state index in [-0.39, 0.29) is 18.0 Å². The van der Waals surface area contributed by atoms with Gasteiger partial charge in [0, 0.05) is 25.2 Å². The first kappa shape index (κ1) is 14.2. The van der Waals surface area contributed by atoms with Gasteiger partial charge in [0.25, 0.3) is 0 Å². The highest BCUT2D eigenvalue weighted by Gasteiger charge is 2.31. The smallest absolute Gasteiger partial charge is 0.315 e. The summed E-state index contributed by atoms with van der Waals surface area (Å²) in [5, 5.41) is 5.46. The molecule has 1 aromatic carbocycles. The van der Waals surface area contributed by atoms with Gasteiger partial charge in [-0.25, -0.2) is 4.79 Å². The van der Waals surface area contributed by atoms with Gasteiger partial charge in [0.2, 0.25) is 5.91 Å². The van der Waals surface area contributed by atoms with Crippen molar-refractivity contribution in [3.05, 3.63) is 24.3 Å². The number of amides is 3. The first-order valence-electron chi connectivity index (χ1n) is 6.62. The van der Waals surface area contributed by atoms with Crippen molar-refractivity contribution in [2.24, 2.45) is 0 Å². The molecule has 1 saturated heterocycles. The highest BCUT2D eigenvalue weighted by Crippen LogP contribution is 2.23. The van der Waals surface area contributed by atoms with E-state index in [1.165, 1.54) is 0 Å². The molecule has 1 fully saturated rings. The van der Waals surface area contributed by atoms with E-state index in [0.717, 1.165) is 11.4 Å². The van der Waals surface area contributed by atoms with Crippen LogP contribution in [-0.2, 0) is 4.79 Å². The molecule has 1 unspecified atom stereocenters. The Bertz CT molecular complexity index is 487. The van der Waals surface area contributed by atoms with Gasteiger partial charge in [-0.1, -0.05) is 0 Å². The van der Waals surface area contributed by atoms with Crippen molar-refractivity contribution in [1.82, 2.24) is 10.6 Å². The summed E-state index contributed by atoms with van der Waals surface area (Å²) in [5.74, 6) is 0.759. The zero-order valence-electron chi connectivity index (χ0n) is 11.7. The summed E-state index contributed by atoms with van der Waals surface area (Å²) in [7, 11) is 1.60. The lowest BCUT2D eigenvalue weighted by Crippen LogP contribution is -2.43. The maximum absolute atomic E-state index is 12.0. The molecule has 0 bridgehead atoms. The van der Waals surface area contributed by atoms with Gasteiger partial charge in [0.15, 0.2) is 0 Å². The summed E-state index contributed by atoms with van der Waals surface area (Å²) in [5.41, 5.74) is 0.816. The standard InChI is InChI=1S/C14H19N3O3/c1-3-15-14(19)16-10-8-13(18)17(9-10)11-4-6-12(20-2)7-5-11/h4-7,10H,3,8-9H2,1-2H3,(H2,15,16,19). The van der Waals surface area contributed by atoms with E-state index in [1.807, 2.05) is 31.2 Å². The maximum Gasteiger partial charge on any atom is 0.315 e. The van der Waals surface area contributed by atoms with Crippen molar-refractivity contribution in [1.29, 1.82) is 0 Å². The van der Waals surface area contributed by atoms with Gasteiger partial charge < -0.3 is 20.3 Å². The second kappa shape index (κ2) is 6.27. The summed E-state index contributed by atoms with van der Waals surface area (Å²) in [6, 6.07) is 6.91. The summed E-state index contributed by atoms with van der Waals surface area (Å²) >= 11 is 0. The molecule has 1 aliphatic rings. The number of ether oxygens (including phenoxy) is 1. The topological polar surface area (TPSA) is 70.7 Å². The van der Waals surface area contributed by atoms with E-state index >= 15 is 0 Å². The highest BCUT2D eigenvalue weighted by molar-refractivity contribution is 5.96. The fourth-order valence-electron chi connectivity index (χ4n) is 2.21. The number of hydrogen-bond donors (Lipinski definition) is 2. The number of benzene rings is 1. The maximum atomic E-state index is 12.0. The van der Waals surface area contributed by atoms with Crippen LogP contribution < -0.4 is 20.3 Å². The minimum atomic E-state index is -0.234. The Hall–Kier alpha value is -2.24. The van der Waals surface area contributed by atoms with Crippen LogP contribution >= 0.6 is 0 Å². The quantitative estimate of drug-likeness (QED) is 0.866. The lowest BCUT2D eigenvalue weighted by molar-refractivity contribution is -0.117. The summed E-state index contributed by atoms with van der Waals surface area (Å²) < 4.78 is 5.09. The van der Waals surface area contributed by atoms with Gasteiger partial charge in [-0.3, -0.25) is 4.79 Å². The van der Waals surface area contributed by atoms with Gasteiger partial charge in [-0.2, -0.15) is 0 Å². The number of carbonyl (C=O) groups excluding carboxylic acids is 2. The van der Waals surface area contributed by atoms with E-state index < -0.39 is 0 Å². The average molecular weight is 277 g/mol. The fourth-order valence-corrected chi connectivity index (χ4v) is 2.21. The molecule has 6 heteroatoms. The molecule has 0 aromatic heterocycles. The van der Waals surface area contributed by atoms with Gasteiger partial charge >= 0.3 is 6.03 Å². The molecule has 0 aliphatic carbocycles. The molecule has 0 radical (unpaired) electrons. The number of rotatable bonds is 4. The molecule has 6 nitrogen and oxygen atoms in total. The molecule has 0 saturated carbocycles. The van der Waals surface area contributed by atoms with Gasteiger partial charge in [-0.05, 0) is 31.2 Å². The molecule has 1 aromatic rings. The Morgan fingerprint density at radius 2 is 2.10 bits per heavy atom. The van der Waals surface area contributed by atoms with E-state index in [4.69, 9.17) is 4.74 Å². The molecule has 1 atom stereocenters. The van der Waals surface area contributed by atoms with Crippen LogP contribution in [0.15, 0.2) is 24.3 Å². The van der Waals surface area contributed by atoms with Gasteiger partial charge in [0.05, 0.1) is 13.2 Å². The Labute approximate surface area is 118 Å². The van der Waals surface area contributed by atoms with Crippen molar-refractivity contribution in [2.45, 2.75) is 19.4 Å². The van der Waals surface area contributed by atoms with Crippen LogP contribution in [0.4, 0.5) is 10.5 Å². The summed E-state index contributed by atoms with van der Waals surface area (Å²) in [4.78, 5) is 25.1. The Balaban J connectivity index is 1.99. The zero-order chi connectivity index (χ0) is 14.5. The summed E-state index contributed by atoms with van der Waals surface area (Å²) in [6.07, 6.45) is 0.323. The van der Waals surface area contributed by atoms with Crippen molar-refractivity contribution < 1.29 is 14.3 Å². The van der Waals surface area contributed by atoms with Gasteiger partial charge in [0.1, 0.15) is 5.75 Å². The lowest BCUT2D eigenvalue weighted by Gasteiger charge is -2.17. The molecule has 0 spiro atoms. The van der Waals surface area contributed by atoms with E-state index in [9.17, 15) is 9.59 Å². The highest BCUT2D eigenvalue weighted by atomic mass is 16.5. The predicted molar refractivity (Wildman–Crippen MR) is 76.0 cm³/mol. The molecule has 20 heavy (non-hydrogen) atoms. The third-order valence-electron chi connectivity index (χ3n) is 3.18. The van der Waals surface area contributed by atoms with Crippen LogP contribution in [0.2, 0.25) is 0 Å². The molecule has 2 N–H and O–H groups in total. The van der Waals surface area contributed by atoms with Crippen LogP contribution in [0.25, 0.3) is 0 Å². The number of urea groups is 1.